The number of ether oxygens (including phenoxy) is 2. The summed E-state index contributed by atoms with van der Waals surface area (Å²) in [6.07, 6.45) is 0. The van der Waals surface area contributed by atoms with E-state index in [1.54, 1.807) is 60.7 Å². The number of hydrogen-bond acceptors (Lipinski definition) is 7. The van der Waals surface area contributed by atoms with Crippen LogP contribution in [0, 0.1) is 6.92 Å². The van der Waals surface area contributed by atoms with E-state index >= 15 is 0 Å². The second-order valence-electron chi connectivity index (χ2n) is 8.51. The van der Waals surface area contributed by atoms with Gasteiger partial charge in [-0.2, -0.15) is 0 Å². The summed E-state index contributed by atoms with van der Waals surface area (Å²) in [5.74, 6) is -0.937. The van der Waals surface area contributed by atoms with Crippen LogP contribution in [0.15, 0.2) is 82.0 Å². The van der Waals surface area contributed by atoms with Crippen LogP contribution in [0.5, 0.6) is 5.75 Å². The van der Waals surface area contributed by atoms with Crippen LogP contribution in [0.2, 0.25) is 0 Å². The lowest BCUT2D eigenvalue weighted by molar-refractivity contribution is -0.124. The monoisotopic (exact) mass is 498 g/mol. The predicted molar refractivity (Wildman–Crippen MR) is 136 cm³/mol. The van der Waals surface area contributed by atoms with E-state index in [0.29, 0.717) is 22.7 Å². The number of nitrogens with one attached hydrogen (secondary N) is 1. The first-order chi connectivity index (χ1) is 17.9. The van der Waals surface area contributed by atoms with Crippen molar-refractivity contribution in [3.63, 3.8) is 0 Å². The Labute approximate surface area is 211 Å². The molecule has 9 heteroatoms. The van der Waals surface area contributed by atoms with E-state index in [1.165, 1.54) is 11.0 Å². The van der Waals surface area contributed by atoms with E-state index in [-0.39, 0.29) is 24.6 Å². The second kappa shape index (κ2) is 9.98. The van der Waals surface area contributed by atoms with Crippen LogP contribution in [0.1, 0.15) is 21.5 Å². The Morgan fingerprint density at radius 2 is 1.78 bits per heavy atom. The third-order valence-corrected chi connectivity index (χ3v) is 5.92. The first-order valence-corrected chi connectivity index (χ1v) is 11.5. The first kappa shape index (κ1) is 23.8. The van der Waals surface area contributed by atoms with Gasteiger partial charge < -0.3 is 19.2 Å². The van der Waals surface area contributed by atoms with Gasteiger partial charge in [-0.25, -0.2) is 9.59 Å². The number of nitrogens with zero attached hydrogens (tertiary/aromatic N) is 1. The van der Waals surface area contributed by atoms with Crippen molar-refractivity contribution in [1.82, 2.24) is 0 Å². The highest BCUT2D eigenvalue weighted by Crippen LogP contribution is 2.29. The van der Waals surface area contributed by atoms with Crippen molar-refractivity contribution in [2.75, 3.05) is 23.4 Å². The van der Waals surface area contributed by atoms with Crippen molar-refractivity contribution in [2.24, 2.45) is 0 Å². The van der Waals surface area contributed by atoms with Gasteiger partial charge in [0.1, 0.15) is 24.5 Å². The largest absolute Gasteiger partial charge is 0.489 e. The van der Waals surface area contributed by atoms with Gasteiger partial charge >= 0.3 is 11.6 Å². The van der Waals surface area contributed by atoms with Crippen LogP contribution in [0.3, 0.4) is 0 Å². The smallest absolute Gasteiger partial charge is 0.338 e. The van der Waals surface area contributed by atoms with Gasteiger partial charge in [0, 0.05) is 17.5 Å². The number of benzene rings is 3. The van der Waals surface area contributed by atoms with E-state index in [2.05, 4.69) is 5.32 Å². The van der Waals surface area contributed by atoms with Crippen molar-refractivity contribution < 1.29 is 28.3 Å². The number of rotatable bonds is 6. The fourth-order valence-corrected chi connectivity index (χ4v) is 4.04. The molecule has 0 unspecified atom stereocenters. The molecule has 0 fully saturated rings. The van der Waals surface area contributed by atoms with Crippen molar-refractivity contribution in [3.8, 4) is 5.75 Å². The van der Waals surface area contributed by atoms with Gasteiger partial charge in [0.25, 0.3) is 5.91 Å². The molecule has 4 aromatic rings. The molecule has 0 aliphatic carbocycles. The van der Waals surface area contributed by atoms with E-state index < -0.39 is 24.1 Å². The van der Waals surface area contributed by atoms with Crippen molar-refractivity contribution in [3.05, 3.63) is 99.9 Å². The number of para-hydroxylation sites is 2. The highest BCUT2D eigenvalue weighted by atomic mass is 16.5. The molecule has 2 heterocycles. The Hall–Kier alpha value is -4.92. The van der Waals surface area contributed by atoms with Crippen LogP contribution in [-0.4, -0.2) is 30.9 Å². The van der Waals surface area contributed by atoms with Gasteiger partial charge in [0.05, 0.1) is 16.9 Å². The molecule has 0 spiro atoms. The Balaban J connectivity index is 1.17. The summed E-state index contributed by atoms with van der Waals surface area (Å²) in [5, 5.41) is 3.54. The van der Waals surface area contributed by atoms with Crippen LogP contribution in [0.4, 0.5) is 11.4 Å². The van der Waals surface area contributed by atoms with Crippen molar-refractivity contribution >= 4 is 40.1 Å². The van der Waals surface area contributed by atoms with E-state index in [0.717, 1.165) is 16.5 Å². The second-order valence-corrected chi connectivity index (χ2v) is 8.51. The van der Waals surface area contributed by atoms with Crippen LogP contribution >= 0.6 is 0 Å². The maximum Gasteiger partial charge on any atom is 0.338 e. The number of carbonyl (C=O) groups excluding carboxylic acids is 3. The number of fused-ring (bicyclic) bond motifs is 2. The molecule has 0 radical (unpaired) electrons. The van der Waals surface area contributed by atoms with Crippen molar-refractivity contribution in [1.29, 1.82) is 0 Å². The summed E-state index contributed by atoms with van der Waals surface area (Å²) in [4.78, 5) is 50.0. The molecular weight excluding hydrogens is 476 g/mol. The molecule has 1 aliphatic rings. The minimum atomic E-state index is -0.657. The number of esters is 1. The molecule has 0 saturated heterocycles. The lowest BCUT2D eigenvalue weighted by Crippen LogP contribution is -2.44. The highest BCUT2D eigenvalue weighted by molar-refractivity contribution is 6.10. The normalized spacial score (nSPS) is 12.6. The van der Waals surface area contributed by atoms with Crippen LogP contribution in [0.25, 0.3) is 11.0 Å². The number of amides is 2. The molecular formula is C28H22N2O7. The number of anilines is 2. The average molecular weight is 498 g/mol. The quantitative estimate of drug-likeness (QED) is 0.317. The van der Waals surface area contributed by atoms with E-state index in [9.17, 15) is 19.2 Å². The molecule has 0 atom stereocenters. The van der Waals surface area contributed by atoms with E-state index in [1.807, 2.05) is 13.0 Å². The minimum absolute atomic E-state index is 0.148. The molecule has 0 saturated carbocycles. The van der Waals surface area contributed by atoms with Gasteiger partial charge in [-0.05, 0) is 54.4 Å². The molecule has 1 aromatic heterocycles. The lowest BCUT2D eigenvalue weighted by atomic mass is 10.1. The summed E-state index contributed by atoms with van der Waals surface area (Å²) in [7, 11) is 0. The summed E-state index contributed by atoms with van der Waals surface area (Å²) >= 11 is 0. The number of aryl methyl sites for hydroxylation is 1. The fourth-order valence-electron chi connectivity index (χ4n) is 4.04. The van der Waals surface area contributed by atoms with Gasteiger partial charge in [-0.3, -0.25) is 14.5 Å². The van der Waals surface area contributed by atoms with Crippen molar-refractivity contribution in [2.45, 2.75) is 13.5 Å². The van der Waals surface area contributed by atoms with Gasteiger partial charge in [0.2, 0.25) is 5.91 Å². The average Bonchev–Trinajstić information content (AvgIpc) is 2.89. The molecule has 2 amide bonds. The van der Waals surface area contributed by atoms with Crippen LogP contribution in [-0.2, 0) is 20.9 Å². The first-order valence-electron chi connectivity index (χ1n) is 11.5. The third-order valence-electron chi connectivity index (χ3n) is 5.92. The third kappa shape index (κ3) is 5.20. The zero-order valence-electron chi connectivity index (χ0n) is 19.9. The summed E-state index contributed by atoms with van der Waals surface area (Å²) < 4.78 is 16.2. The minimum Gasteiger partial charge on any atom is -0.489 e. The number of hydrogen-bond donors (Lipinski definition) is 1. The Morgan fingerprint density at radius 3 is 2.59 bits per heavy atom. The zero-order valence-corrected chi connectivity index (χ0v) is 19.9. The molecule has 37 heavy (non-hydrogen) atoms. The SMILES string of the molecule is Cc1cc(=O)oc2cc(OCc3ccc(C(=O)OCC(=O)N4CC(=O)Nc5ccccc54)cc3)ccc12. The standard InChI is InChI=1S/C28H22N2O7/c1-17-12-27(33)37-24-13-20(10-11-21(17)24)35-15-18-6-8-19(9-7-18)28(34)36-16-26(32)30-14-25(31)29-22-4-2-3-5-23(22)30/h2-13H,14-16H2,1H3,(H,29,31). The predicted octanol–water partition coefficient (Wildman–Crippen LogP) is 3.82. The maximum absolute atomic E-state index is 12.7. The van der Waals surface area contributed by atoms with E-state index in [4.69, 9.17) is 13.9 Å². The topological polar surface area (TPSA) is 115 Å². The van der Waals surface area contributed by atoms with Crippen LogP contribution < -0.4 is 20.6 Å². The van der Waals surface area contributed by atoms with Gasteiger partial charge in [-0.1, -0.05) is 24.3 Å². The fraction of sp³-hybridized carbons (Fsp3) is 0.143. The molecule has 1 aliphatic heterocycles. The zero-order chi connectivity index (χ0) is 25.9. The molecule has 186 valence electrons. The van der Waals surface area contributed by atoms with Gasteiger partial charge in [-0.15, -0.1) is 0 Å². The Kier molecular flexibility index (Phi) is 6.42. The molecule has 5 rings (SSSR count). The lowest BCUT2D eigenvalue weighted by Gasteiger charge is -2.28. The Morgan fingerprint density at radius 1 is 1.00 bits per heavy atom. The molecule has 0 bridgehead atoms. The number of carbonyl (C=O) groups is 3. The summed E-state index contributed by atoms with van der Waals surface area (Å²) in [6, 6.07) is 20.2. The van der Waals surface area contributed by atoms with Gasteiger partial charge in [0.15, 0.2) is 6.61 Å². The molecule has 9 nitrogen and oxygen atoms in total. The highest BCUT2D eigenvalue weighted by Gasteiger charge is 2.27. The molecule has 1 N–H and O–H groups in total. The summed E-state index contributed by atoms with van der Waals surface area (Å²) in [6.45, 7) is 1.42. The molecule has 3 aromatic carbocycles. The summed E-state index contributed by atoms with van der Waals surface area (Å²) in [5.41, 5.74) is 3.01. The Bertz CT molecular complexity index is 1570. The maximum atomic E-state index is 12.7.